The van der Waals surface area contributed by atoms with Gasteiger partial charge in [-0.2, -0.15) is 0 Å². The Morgan fingerprint density at radius 2 is 1.82 bits per heavy atom. The Hall–Kier alpha value is -2.69. The molecule has 33 heavy (non-hydrogen) atoms. The Bertz CT molecular complexity index is 832. The molecule has 0 bridgehead atoms. The standard InChI is InChI=1S/C23H35N3O7/c1-15-10-26(22(28)14-31-5)16(2)12-33-19-9-17(24-21(27)13-30-4)7-8-18(19)23(29)25(3)11-20(15)32-6/h7-9,15-16,20H,10-14H2,1-6H3,(H,24,27)/t15-,16-,20+/m1/s1. The monoisotopic (exact) mass is 465 g/mol. The lowest BCUT2D eigenvalue weighted by Gasteiger charge is -2.36. The number of nitrogens with zero attached hydrogens (tertiary/aromatic N) is 2. The quantitative estimate of drug-likeness (QED) is 0.674. The molecular weight excluding hydrogens is 430 g/mol. The van der Waals surface area contributed by atoms with Crippen LogP contribution in [0, 0.1) is 5.92 Å². The zero-order valence-electron chi connectivity index (χ0n) is 20.3. The van der Waals surface area contributed by atoms with Crippen LogP contribution in [0.4, 0.5) is 5.69 Å². The number of carbonyl (C=O) groups excluding carboxylic acids is 3. The van der Waals surface area contributed by atoms with Crippen LogP contribution in [0.15, 0.2) is 18.2 Å². The third kappa shape index (κ3) is 7.15. The second-order valence-electron chi connectivity index (χ2n) is 8.27. The summed E-state index contributed by atoms with van der Waals surface area (Å²) in [6, 6.07) is 4.57. The minimum Gasteiger partial charge on any atom is -0.491 e. The number of carbonyl (C=O) groups is 3. The number of anilines is 1. The smallest absolute Gasteiger partial charge is 0.257 e. The molecule has 1 heterocycles. The van der Waals surface area contributed by atoms with Crippen molar-refractivity contribution in [3.63, 3.8) is 0 Å². The van der Waals surface area contributed by atoms with Gasteiger partial charge in [0.15, 0.2) is 0 Å². The summed E-state index contributed by atoms with van der Waals surface area (Å²) in [6.07, 6.45) is -0.277. The molecule has 0 spiro atoms. The van der Waals surface area contributed by atoms with E-state index in [-0.39, 0.29) is 55.6 Å². The molecule has 0 radical (unpaired) electrons. The molecule has 0 unspecified atom stereocenters. The minimum atomic E-state index is -0.323. The van der Waals surface area contributed by atoms with Gasteiger partial charge in [-0.1, -0.05) is 6.92 Å². The first-order valence-corrected chi connectivity index (χ1v) is 10.8. The number of benzene rings is 1. The van der Waals surface area contributed by atoms with Crippen LogP contribution in [0.25, 0.3) is 0 Å². The maximum atomic E-state index is 13.2. The normalized spacial score (nSPS) is 22.0. The number of hydrogen-bond acceptors (Lipinski definition) is 7. The number of likely N-dealkylation sites (N-methyl/N-ethyl adjacent to an activating group) is 1. The Labute approximate surface area is 195 Å². The third-order valence-electron chi connectivity index (χ3n) is 5.59. The van der Waals surface area contributed by atoms with Gasteiger partial charge in [-0.25, -0.2) is 0 Å². The van der Waals surface area contributed by atoms with E-state index in [0.717, 1.165) is 0 Å². The predicted molar refractivity (Wildman–Crippen MR) is 122 cm³/mol. The largest absolute Gasteiger partial charge is 0.491 e. The van der Waals surface area contributed by atoms with Crippen molar-refractivity contribution in [1.82, 2.24) is 9.80 Å². The summed E-state index contributed by atoms with van der Waals surface area (Å²) < 4.78 is 21.6. The molecule has 1 aliphatic rings. The fraction of sp³-hybridized carbons (Fsp3) is 0.609. The van der Waals surface area contributed by atoms with Crippen molar-refractivity contribution in [2.24, 2.45) is 5.92 Å². The molecule has 0 saturated carbocycles. The number of amides is 3. The number of fused-ring (bicyclic) bond motifs is 1. The molecule has 1 aromatic carbocycles. The van der Waals surface area contributed by atoms with Crippen molar-refractivity contribution in [1.29, 1.82) is 0 Å². The highest BCUT2D eigenvalue weighted by Gasteiger charge is 2.30. The summed E-state index contributed by atoms with van der Waals surface area (Å²) in [5.74, 6) is -0.427. The minimum absolute atomic E-state index is 0.0363. The van der Waals surface area contributed by atoms with Crippen molar-refractivity contribution in [3.8, 4) is 5.75 Å². The van der Waals surface area contributed by atoms with E-state index in [1.54, 1.807) is 42.2 Å². The lowest BCUT2D eigenvalue weighted by molar-refractivity contribution is -0.139. The van der Waals surface area contributed by atoms with E-state index in [1.165, 1.54) is 14.2 Å². The van der Waals surface area contributed by atoms with Crippen molar-refractivity contribution in [2.45, 2.75) is 26.0 Å². The molecule has 10 nitrogen and oxygen atoms in total. The topological polar surface area (TPSA) is 107 Å². The van der Waals surface area contributed by atoms with Gasteiger partial charge in [-0.15, -0.1) is 0 Å². The van der Waals surface area contributed by atoms with Gasteiger partial charge < -0.3 is 34.1 Å². The van der Waals surface area contributed by atoms with Gasteiger partial charge in [0.1, 0.15) is 25.6 Å². The molecule has 1 aliphatic heterocycles. The first-order chi connectivity index (χ1) is 15.7. The number of nitrogens with one attached hydrogen (secondary N) is 1. The predicted octanol–water partition coefficient (Wildman–Crippen LogP) is 1.25. The Kier molecular flexibility index (Phi) is 10.1. The fourth-order valence-electron chi connectivity index (χ4n) is 3.73. The average Bonchev–Trinajstić information content (AvgIpc) is 2.78. The van der Waals surface area contributed by atoms with Crippen LogP contribution < -0.4 is 10.1 Å². The molecule has 2 rings (SSSR count). The van der Waals surface area contributed by atoms with Crippen molar-refractivity contribution < 1.29 is 33.3 Å². The van der Waals surface area contributed by atoms with Crippen LogP contribution in [0.3, 0.4) is 0 Å². The highest BCUT2D eigenvalue weighted by atomic mass is 16.5. The number of methoxy groups -OCH3 is 3. The van der Waals surface area contributed by atoms with Gasteiger partial charge in [-0.3, -0.25) is 14.4 Å². The van der Waals surface area contributed by atoms with Gasteiger partial charge in [0, 0.05) is 59.1 Å². The maximum absolute atomic E-state index is 13.2. The van der Waals surface area contributed by atoms with Crippen LogP contribution >= 0.6 is 0 Å². The summed E-state index contributed by atoms with van der Waals surface area (Å²) in [6.45, 7) is 4.65. The van der Waals surface area contributed by atoms with Gasteiger partial charge >= 0.3 is 0 Å². The number of ether oxygens (including phenoxy) is 4. The highest BCUT2D eigenvalue weighted by molar-refractivity contribution is 5.98. The van der Waals surface area contributed by atoms with Gasteiger partial charge in [0.2, 0.25) is 11.8 Å². The van der Waals surface area contributed by atoms with Gasteiger partial charge in [0.05, 0.1) is 17.7 Å². The van der Waals surface area contributed by atoms with Gasteiger partial charge in [0.25, 0.3) is 5.91 Å². The van der Waals surface area contributed by atoms with E-state index in [1.807, 2.05) is 13.8 Å². The summed E-state index contributed by atoms with van der Waals surface area (Å²) in [7, 11) is 6.21. The van der Waals surface area contributed by atoms with E-state index < -0.39 is 0 Å². The molecular formula is C23H35N3O7. The van der Waals surface area contributed by atoms with Gasteiger partial charge in [-0.05, 0) is 19.1 Å². The summed E-state index contributed by atoms with van der Waals surface area (Å²) in [4.78, 5) is 41.1. The fourth-order valence-corrected chi connectivity index (χ4v) is 3.73. The first kappa shape index (κ1) is 26.6. The second kappa shape index (κ2) is 12.5. The van der Waals surface area contributed by atoms with Crippen molar-refractivity contribution in [3.05, 3.63) is 23.8 Å². The lowest BCUT2D eigenvalue weighted by Crippen LogP contribution is -2.49. The molecule has 0 saturated heterocycles. The average molecular weight is 466 g/mol. The van der Waals surface area contributed by atoms with E-state index in [0.29, 0.717) is 30.1 Å². The number of rotatable bonds is 6. The Morgan fingerprint density at radius 1 is 1.12 bits per heavy atom. The lowest BCUT2D eigenvalue weighted by atomic mass is 10.0. The van der Waals surface area contributed by atoms with Crippen LogP contribution in [-0.4, -0.2) is 101 Å². The second-order valence-corrected chi connectivity index (χ2v) is 8.27. The van der Waals surface area contributed by atoms with E-state index in [9.17, 15) is 14.4 Å². The molecule has 3 atom stereocenters. The molecule has 0 aliphatic carbocycles. The van der Waals surface area contributed by atoms with E-state index in [4.69, 9.17) is 18.9 Å². The molecule has 184 valence electrons. The summed E-state index contributed by atoms with van der Waals surface area (Å²) in [5.41, 5.74) is 0.828. The molecule has 3 amide bonds. The molecule has 1 aromatic rings. The highest BCUT2D eigenvalue weighted by Crippen LogP contribution is 2.27. The molecule has 1 N–H and O–H groups in total. The first-order valence-electron chi connectivity index (χ1n) is 10.8. The SMILES string of the molecule is COCC(=O)Nc1ccc2c(c1)OC[C@@H](C)N(C(=O)COC)C[C@@H](C)[C@@H](OC)CN(C)C2=O. The Balaban J connectivity index is 2.42. The van der Waals surface area contributed by atoms with Crippen molar-refractivity contribution >= 4 is 23.4 Å². The van der Waals surface area contributed by atoms with E-state index in [2.05, 4.69) is 5.32 Å². The molecule has 0 aromatic heterocycles. The van der Waals surface area contributed by atoms with Crippen LogP contribution in [0.1, 0.15) is 24.2 Å². The molecule has 10 heteroatoms. The third-order valence-corrected chi connectivity index (χ3v) is 5.59. The van der Waals surface area contributed by atoms with Crippen molar-refractivity contribution in [2.75, 3.05) is 66.6 Å². The molecule has 0 fully saturated rings. The zero-order chi connectivity index (χ0) is 24.5. The van der Waals surface area contributed by atoms with Crippen LogP contribution in [-0.2, 0) is 23.8 Å². The van der Waals surface area contributed by atoms with Crippen LogP contribution in [0.5, 0.6) is 5.75 Å². The van der Waals surface area contributed by atoms with Crippen LogP contribution in [0.2, 0.25) is 0 Å². The Morgan fingerprint density at radius 3 is 2.45 bits per heavy atom. The van der Waals surface area contributed by atoms with E-state index >= 15 is 0 Å². The zero-order valence-corrected chi connectivity index (χ0v) is 20.3. The summed E-state index contributed by atoms with van der Waals surface area (Å²) >= 11 is 0. The summed E-state index contributed by atoms with van der Waals surface area (Å²) in [5, 5.41) is 2.71. The number of hydrogen-bond donors (Lipinski definition) is 1. The maximum Gasteiger partial charge on any atom is 0.257 e.